The van der Waals surface area contributed by atoms with E-state index >= 15 is 0 Å². The van der Waals surface area contributed by atoms with Crippen LogP contribution in [-0.2, 0) is 9.53 Å². The maximum Gasteiger partial charge on any atom is 0.408 e. The van der Waals surface area contributed by atoms with Crippen molar-refractivity contribution in [3.63, 3.8) is 0 Å². The van der Waals surface area contributed by atoms with Gasteiger partial charge in [0.1, 0.15) is 11.1 Å². The third kappa shape index (κ3) is 2.06. The van der Waals surface area contributed by atoms with Gasteiger partial charge >= 0.3 is 12.1 Å². The predicted octanol–water partition coefficient (Wildman–Crippen LogP) is 2.30. The van der Waals surface area contributed by atoms with Crippen LogP contribution in [0.15, 0.2) is 0 Å². The number of amides is 1. The third-order valence-electron chi connectivity index (χ3n) is 4.02. The van der Waals surface area contributed by atoms with E-state index in [0.29, 0.717) is 6.42 Å². The van der Waals surface area contributed by atoms with Crippen molar-refractivity contribution >= 4 is 12.1 Å². The predicted molar refractivity (Wildman–Crippen MR) is 65.3 cm³/mol. The fourth-order valence-electron chi connectivity index (χ4n) is 3.13. The average molecular weight is 255 g/mol. The summed E-state index contributed by atoms with van der Waals surface area (Å²) in [6.07, 6.45) is 3.77. The average Bonchev–Trinajstić information content (AvgIpc) is 2.58. The van der Waals surface area contributed by atoms with E-state index in [9.17, 15) is 14.7 Å². The van der Waals surface area contributed by atoms with Crippen molar-refractivity contribution in [2.45, 2.75) is 64.0 Å². The first-order valence-corrected chi connectivity index (χ1v) is 6.45. The van der Waals surface area contributed by atoms with Crippen molar-refractivity contribution in [3.8, 4) is 0 Å². The molecule has 18 heavy (non-hydrogen) atoms. The number of nitrogens with one attached hydrogen (secondary N) is 1. The molecule has 2 rings (SSSR count). The molecule has 0 radical (unpaired) electrons. The van der Waals surface area contributed by atoms with Gasteiger partial charge in [-0.3, -0.25) is 0 Å². The van der Waals surface area contributed by atoms with Crippen LogP contribution in [0, 0.1) is 5.41 Å². The zero-order chi connectivity index (χ0) is 13.6. The van der Waals surface area contributed by atoms with Crippen LogP contribution in [0.2, 0.25) is 0 Å². The lowest BCUT2D eigenvalue weighted by Gasteiger charge is -2.24. The van der Waals surface area contributed by atoms with E-state index in [4.69, 9.17) is 4.74 Å². The van der Waals surface area contributed by atoms with Crippen molar-refractivity contribution in [1.82, 2.24) is 5.32 Å². The molecule has 0 saturated heterocycles. The molecule has 1 unspecified atom stereocenters. The number of carboxylic acid groups (broad SMARTS) is 1. The highest BCUT2D eigenvalue weighted by Gasteiger charge is 2.73. The van der Waals surface area contributed by atoms with Gasteiger partial charge in [0, 0.05) is 5.41 Å². The molecule has 1 amide bonds. The van der Waals surface area contributed by atoms with E-state index in [1.54, 1.807) is 20.8 Å². The van der Waals surface area contributed by atoms with Gasteiger partial charge in [0.25, 0.3) is 0 Å². The number of carbonyl (C=O) groups excluding carboxylic acids is 1. The molecule has 0 heterocycles. The monoisotopic (exact) mass is 255 g/mol. The Hall–Kier alpha value is -1.26. The summed E-state index contributed by atoms with van der Waals surface area (Å²) in [5.74, 6) is -0.935. The summed E-state index contributed by atoms with van der Waals surface area (Å²) in [5, 5.41) is 12.0. The number of hydrogen-bond acceptors (Lipinski definition) is 3. The van der Waals surface area contributed by atoms with E-state index in [2.05, 4.69) is 5.32 Å². The SMILES string of the molecule is CC(C)(C)OC(=O)NC1(C(=O)O)CC12CCCC2. The first kappa shape index (κ1) is 13.2. The van der Waals surface area contributed by atoms with Gasteiger partial charge in [0.15, 0.2) is 0 Å². The molecule has 0 aromatic carbocycles. The van der Waals surface area contributed by atoms with Crippen molar-refractivity contribution in [2.75, 3.05) is 0 Å². The fourth-order valence-corrected chi connectivity index (χ4v) is 3.13. The second kappa shape index (κ2) is 3.87. The standard InChI is InChI=1S/C13H21NO4/c1-11(2,3)18-10(17)14-13(9(15)16)8-12(13)6-4-5-7-12/h4-8H2,1-3H3,(H,14,17)(H,15,16). The molecule has 0 aliphatic heterocycles. The minimum atomic E-state index is -1.09. The van der Waals surface area contributed by atoms with Crippen LogP contribution in [0.5, 0.6) is 0 Å². The van der Waals surface area contributed by atoms with E-state index in [1.807, 2.05) is 0 Å². The van der Waals surface area contributed by atoms with Gasteiger partial charge in [-0.2, -0.15) is 0 Å². The Morgan fingerprint density at radius 3 is 2.22 bits per heavy atom. The first-order chi connectivity index (χ1) is 8.21. The van der Waals surface area contributed by atoms with Gasteiger partial charge in [-0.15, -0.1) is 0 Å². The highest BCUT2D eigenvalue weighted by molar-refractivity contribution is 5.89. The molecule has 2 N–H and O–H groups in total. The Bertz CT molecular complexity index is 379. The molecular formula is C13H21NO4. The summed E-state index contributed by atoms with van der Waals surface area (Å²) >= 11 is 0. The van der Waals surface area contributed by atoms with Crippen molar-refractivity contribution in [2.24, 2.45) is 5.41 Å². The Balaban J connectivity index is 2.06. The number of ether oxygens (including phenoxy) is 1. The van der Waals surface area contributed by atoms with Crippen molar-refractivity contribution in [1.29, 1.82) is 0 Å². The van der Waals surface area contributed by atoms with Gasteiger partial charge in [-0.05, 0) is 40.0 Å². The van der Waals surface area contributed by atoms with E-state index in [1.165, 1.54) is 0 Å². The molecule has 1 atom stereocenters. The highest BCUT2D eigenvalue weighted by Crippen LogP contribution is 2.65. The zero-order valence-electron chi connectivity index (χ0n) is 11.2. The normalized spacial score (nSPS) is 29.1. The fraction of sp³-hybridized carbons (Fsp3) is 0.846. The molecule has 1 spiro atoms. The number of carbonyl (C=O) groups is 2. The molecule has 2 saturated carbocycles. The van der Waals surface area contributed by atoms with Gasteiger partial charge in [-0.1, -0.05) is 12.8 Å². The first-order valence-electron chi connectivity index (χ1n) is 6.45. The number of alkyl carbamates (subject to hydrolysis) is 1. The quantitative estimate of drug-likeness (QED) is 0.793. The molecule has 2 aliphatic rings. The van der Waals surface area contributed by atoms with Crippen LogP contribution >= 0.6 is 0 Å². The second-order valence-corrected chi connectivity index (χ2v) is 6.50. The van der Waals surface area contributed by atoms with Crippen LogP contribution in [0.4, 0.5) is 4.79 Å². The Morgan fingerprint density at radius 2 is 1.78 bits per heavy atom. The molecule has 0 bridgehead atoms. The summed E-state index contributed by atoms with van der Waals surface area (Å²) in [7, 11) is 0. The molecule has 0 aromatic rings. The van der Waals surface area contributed by atoms with E-state index in [-0.39, 0.29) is 5.41 Å². The van der Waals surface area contributed by atoms with Crippen molar-refractivity contribution < 1.29 is 19.4 Å². The van der Waals surface area contributed by atoms with Crippen LogP contribution in [-0.4, -0.2) is 28.3 Å². The molecular weight excluding hydrogens is 234 g/mol. The van der Waals surface area contributed by atoms with Crippen molar-refractivity contribution in [3.05, 3.63) is 0 Å². The lowest BCUT2D eigenvalue weighted by molar-refractivity contribution is -0.142. The van der Waals surface area contributed by atoms with Gasteiger partial charge in [0.05, 0.1) is 0 Å². The molecule has 2 fully saturated rings. The van der Waals surface area contributed by atoms with Gasteiger partial charge in [0.2, 0.25) is 0 Å². The lowest BCUT2D eigenvalue weighted by atomic mass is 9.98. The molecule has 102 valence electrons. The smallest absolute Gasteiger partial charge is 0.408 e. The molecule has 2 aliphatic carbocycles. The molecule has 0 aromatic heterocycles. The minimum absolute atomic E-state index is 0.226. The third-order valence-corrected chi connectivity index (χ3v) is 4.02. The lowest BCUT2D eigenvalue weighted by Crippen LogP contribution is -2.49. The number of carboxylic acids is 1. The van der Waals surface area contributed by atoms with Crippen LogP contribution in [0.25, 0.3) is 0 Å². The molecule has 5 heteroatoms. The maximum atomic E-state index is 11.8. The minimum Gasteiger partial charge on any atom is -0.479 e. The van der Waals surface area contributed by atoms with Gasteiger partial charge < -0.3 is 15.2 Å². The highest BCUT2D eigenvalue weighted by atomic mass is 16.6. The van der Waals surface area contributed by atoms with Crippen LogP contribution in [0.3, 0.4) is 0 Å². The maximum absolute atomic E-state index is 11.8. The number of hydrogen-bond donors (Lipinski definition) is 2. The Kier molecular flexibility index (Phi) is 2.83. The van der Waals surface area contributed by atoms with E-state index < -0.39 is 23.2 Å². The molecule has 5 nitrogen and oxygen atoms in total. The number of rotatable bonds is 2. The number of aliphatic carboxylic acids is 1. The summed E-state index contributed by atoms with van der Waals surface area (Å²) in [6, 6.07) is 0. The summed E-state index contributed by atoms with van der Waals surface area (Å²) < 4.78 is 5.15. The van der Waals surface area contributed by atoms with Crippen LogP contribution in [0.1, 0.15) is 52.9 Å². The summed E-state index contributed by atoms with van der Waals surface area (Å²) in [5.41, 5.74) is -1.93. The second-order valence-electron chi connectivity index (χ2n) is 6.50. The van der Waals surface area contributed by atoms with Gasteiger partial charge in [-0.25, -0.2) is 9.59 Å². The van der Waals surface area contributed by atoms with E-state index in [0.717, 1.165) is 25.7 Å². The van der Waals surface area contributed by atoms with Crippen LogP contribution < -0.4 is 5.32 Å². The summed E-state index contributed by atoms with van der Waals surface area (Å²) in [4.78, 5) is 23.2. The topological polar surface area (TPSA) is 75.6 Å². The largest absolute Gasteiger partial charge is 0.479 e. The Labute approximate surface area is 107 Å². The Morgan fingerprint density at radius 1 is 1.22 bits per heavy atom. The summed E-state index contributed by atoms with van der Waals surface area (Å²) in [6.45, 7) is 5.29. The zero-order valence-corrected chi connectivity index (χ0v) is 11.2.